The minimum absolute atomic E-state index is 0.0859. The molecule has 0 spiro atoms. The van der Waals surface area contributed by atoms with Gasteiger partial charge in [0.25, 0.3) is 0 Å². The summed E-state index contributed by atoms with van der Waals surface area (Å²) in [6, 6.07) is 8.73. The molecule has 1 aromatic carbocycles. The van der Waals surface area contributed by atoms with Crippen LogP contribution in [0.1, 0.15) is 50.5 Å². The van der Waals surface area contributed by atoms with E-state index in [1.807, 2.05) is 0 Å². The number of nitrogens with zero attached hydrogens (tertiary/aromatic N) is 2. The van der Waals surface area contributed by atoms with Gasteiger partial charge < -0.3 is 24.4 Å². The number of carboxylic acid groups (broad SMARTS) is 1. The molecule has 3 saturated heterocycles. The average molecular weight is 431 g/mol. The summed E-state index contributed by atoms with van der Waals surface area (Å²) in [4.78, 5) is 16.3. The van der Waals surface area contributed by atoms with Gasteiger partial charge >= 0.3 is 5.97 Å². The molecule has 3 aliphatic rings. The Balaban J connectivity index is 1.32. The normalized spacial score (nSPS) is 23.1. The molecule has 31 heavy (non-hydrogen) atoms. The molecule has 1 N–H and O–H groups in total. The molecular formula is C25H38N2O4. The molecule has 1 aromatic rings. The first kappa shape index (κ1) is 22.6. The number of aliphatic carboxylic acids is 1. The van der Waals surface area contributed by atoms with Crippen molar-refractivity contribution in [2.75, 3.05) is 59.1 Å². The minimum atomic E-state index is -0.642. The summed E-state index contributed by atoms with van der Waals surface area (Å²) in [6.45, 7) is 8.71. The summed E-state index contributed by atoms with van der Waals surface area (Å²) >= 11 is 0. The molecule has 6 nitrogen and oxygen atoms in total. The molecule has 0 atom stereocenters. The number of piperidine rings is 1. The highest BCUT2D eigenvalue weighted by atomic mass is 16.5. The third kappa shape index (κ3) is 5.99. The van der Waals surface area contributed by atoms with Crippen molar-refractivity contribution in [3.8, 4) is 5.75 Å². The molecule has 3 heterocycles. The van der Waals surface area contributed by atoms with Gasteiger partial charge in [0.05, 0.1) is 12.5 Å². The van der Waals surface area contributed by atoms with Gasteiger partial charge in [0, 0.05) is 31.7 Å². The Morgan fingerprint density at radius 2 is 1.71 bits per heavy atom. The standard InChI is InChI=1S/C25H38N2O4/c28-24(29)21-8-15-27(16-9-21)20-25(10-18-30-19-11-25)22-4-6-23(7-5-22)31-17-3-14-26-12-1-2-13-26/h4-7,21H,1-3,8-20H2,(H,28,29). The number of hydrogen-bond donors (Lipinski definition) is 1. The van der Waals surface area contributed by atoms with Gasteiger partial charge in [-0.05, 0) is 88.8 Å². The maximum absolute atomic E-state index is 11.3. The van der Waals surface area contributed by atoms with Crippen LogP contribution in [0, 0.1) is 5.92 Å². The second kappa shape index (κ2) is 10.8. The van der Waals surface area contributed by atoms with Gasteiger partial charge in [0.2, 0.25) is 0 Å². The fourth-order valence-electron chi connectivity index (χ4n) is 5.46. The highest BCUT2D eigenvalue weighted by Crippen LogP contribution is 2.37. The summed E-state index contributed by atoms with van der Waals surface area (Å²) in [5.74, 6) is 0.134. The molecule has 0 aliphatic carbocycles. The Hall–Kier alpha value is -1.63. The Labute approximate surface area is 186 Å². The van der Waals surface area contributed by atoms with Gasteiger partial charge in [-0.25, -0.2) is 0 Å². The van der Waals surface area contributed by atoms with E-state index in [9.17, 15) is 9.90 Å². The number of ether oxygens (including phenoxy) is 2. The fourth-order valence-corrected chi connectivity index (χ4v) is 5.46. The van der Waals surface area contributed by atoms with Crippen LogP contribution in [0.15, 0.2) is 24.3 Å². The van der Waals surface area contributed by atoms with E-state index in [2.05, 4.69) is 34.1 Å². The maximum atomic E-state index is 11.3. The molecule has 3 fully saturated rings. The number of hydrogen-bond acceptors (Lipinski definition) is 5. The first-order valence-corrected chi connectivity index (χ1v) is 12.1. The monoisotopic (exact) mass is 430 g/mol. The van der Waals surface area contributed by atoms with E-state index in [4.69, 9.17) is 9.47 Å². The first-order chi connectivity index (χ1) is 15.1. The molecule has 0 saturated carbocycles. The van der Waals surface area contributed by atoms with Crippen LogP contribution in [-0.2, 0) is 14.9 Å². The van der Waals surface area contributed by atoms with Crippen molar-refractivity contribution in [3.63, 3.8) is 0 Å². The van der Waals surface area contributed by atoms with E-state index >= 15 is 0 Å². The van der Waals surface area contributed by atoms with Crippen LogP contribution in [0.3, 0.4) is 0 Å². The molecule has 3 aliphatic heterocycles. The molecule has 0 aromatic heterocycles. The van der Waals surface area contributed by atoms with Gasteiger partial charge in [-0.15, -0.1) is 0 Å². The van der Waals surface area contributed by atoms with Crippen LogP contribution in [-0.4, -0.2) is 80.0 Å². The number of rotatable bonds is 9. The fraction of sp³-hybridized carbons (Fsp3) is 0.720. The third-order valence-electron chi connectivity index (χ3n) is 7.47. The molecule has 172 valence electrons. The van der Waals surface area contributed by atoms with Gasteiger partial charge in [0.15, 0.2) is 0 Å². The zero-order valence-corrected chi connectivity index (χ0v) is 18.8. The van der Waals surface area contributed by atoms with E-state index in [1.165, 1.54) is 31.5 Å². The van der Waals surface area contributed by atoms with Gasteiger partial charge in [-0.2, -0.15) is 0 Å². The molecular weight excluding hydrogens is 392 g/mol. The quantitative estimate of drug-likeness (QED) is 0.606. The number of carboxylic acids is 1. The summed E-state index contributed by atoms with van der Waals surface area (Å²) in [5.41, 5.74) is 1.45. The van der Waals surface area contributed by atoms with Crippen molar-refractivity contribution in [2.45, 2.75) is 50.4 Å². The Morgan fingerprint density at radius 1 is 1.03 bits per heavy atom. The average Bonchev–Trinajstić information content (AvgIpc) is 3.32. The first-order valence-electron chi connectivity index (χ1n) is 12.1. The molecule has 0 bridgehead atoms. The zero-order chi connectivity index (χ0) is 21.5. The smallest absolute Gasteiger partial charge is 0.306 e. The Morgan fingerprint density at radius 3 is 2.35 bits per heavy atom. The van der Waals surface area contributed by atoms with Crippen LogP contribution >= 0.6 is 0 Å². The molecule has 4 rings (SSSR count). The van der Waals surface area contributed by atoms with Crippen LogP contribution in [0.4, 0.5) is 0 Å². The van der Waals surface area contributed by atoms with E-state index < -0.39 is 5.97 Å². The third-order valence-corrected chi connectivity index (χ3v) is 7.47. The lowest BCUT2D eigenvalue weighted by Crippen LogP contribution is -2.47. The van der Waals surface area contributed by atoms with Crippen molar-refractivity contribution < 1.29 is 19.4 Å². The van der Waals surface area contributed by atoms with Crippen molar-refractivity contribution in [1.29, 1.82) is 0 Å². The van der Waals surface area contributed by atoms with Gasteiger partial charge in [-0.3, -0.25) is 4.79 Å². The van der Waals surface area contributed by atoms with Crippen LogP contribution in [0.5, 0.6) is 5.75 Å². The lowest BCUT2D eigenvalue weighted by atomic mass is 9.73. The van der Waals surface area contributed by atoms with E-state index in [-0.39, 0.29) is 11.3 Å². The Bertz CT molecular complexity index is 688. The van der Waals surface area contributed by atoms with Gasteiger partial charge in [0.1, 0.15) is 5.75 Å². The second-order valence-corrected chi connectivity index (χ2v) is 9.56. The van der Waals surface area contributed by atoms with Crippen LogP contribution in [0.25, 0.3) is 0 Å². The van der Waals surface area contributed by atoms with Crippen LogP contribution < -0.4 is 4.74 Å². The summed E-state index contributed by atoms with van der Waals surface area (Å²) in [6.07, 6.45) is 7.30. The highest BCUT2D eigenvalue weighted by Gasteiger charge is 2.37. The maximum Gasteiger partial charge on any atom is 0.306 e. The molecule has 0 amide bonds. The molecule has 6 heteroatoms. The lowest BCUT2D eigenvalue weighted by Gasteiger charge is -2.43. The van der Waals surface area contributed by atoms with Crippen molar-refractivity contribution in [1.82, 2.24) is 9.80 Å². The predicted molar refractivity (Wildman–Crippen MR) is 121 cm³/mol. The van der Waals surface area contributed by atoms with Crippen LogP contribution in [0.2, 0.25) is 0 Å². The molecule has 0 unspecified atom stereocenters. The predicted octanol–water partition coefficient (Wildman–Crippen LogP) is 3.40. The van der Waals surface area contributed by atoms with Crippen molar-refractivity contribution >= 4 is 5.97 Å². The summed E-state index contributed by atoms with van der Waals surface area (Å²) < 4.78 is 11.7. The second-order valence-electron chi connectivity index (χ2n) is 9.56. The van der Waals surface area contributed by atoms with E-state index in [1.54, 1.807) is 0 Å². The lowest BCUT2D eigenvalue weighted by molar-refractivity contribution is -0.143. The largest absolute Gasteiger partial charge is 0.494 e. The SMILES string of the molecule is O=C(O)C1CCN(CC2(c3ccc(OCCCN4CCCC4)cc3)CCOCC2)CC1. The Kier molecular flexibility index (Phi) is 7.86. The minimum Gasteiger partial charge on any atom is -0.494 e. The number of benzene rings is 1. The molecule has 0 radical (unpaired) electrons. The van der Waals surface area contributed by atoms with E-state index in [0.717, 1.165) is 83.9 Å². The summed E-state index contributed by atoms with van der Waals surface area (Å²) in [5, 5.41) is 9.28. The number of carbonyl (C=O) groups is 1. The van der Waals surface area contributed by atoms with Crippen molar-refractivity contribution in [2.24, 2.45) is 5.92 Å². The van der Waals surface area contributed by atoms with Crippen molar-refractivity contribution in [3.05, 3.63) is 29.8 Å². The van der Waals surface area contributed by atoms with Gasteiger partial charge in [-0.1, -0.05) is 12.1 Å². The zero-order valence-electron chi connectivity index (χ0n) is 18.8. The number of likely N-dealkylation sites (tertiary alicyclic amines) is 2. The highest BCUT2D eigenvalue weighted by molar-refractivity contribution is 5.70. The summed E-state index contributed by atoms with van der Waals surface area (Å²) in [7, 11) is 0. The topological polar surface area (TPSA) is 62.2 Å². The van der Waals surface area contributed by atoms with E-state index in [0.29, 0.717) is 0 Å².